The standard InChI is InChI=1S/C10H23NO2/c1-4-10(3,5-2)11-6-8-13-9-7-12/h11-12H,4-9H2,1-3H3. The Morgan fingerprint density at radius 1 is 1.23 bits per heavy atom. The average Bonchev–Trinajstić information content (AvgIpc) is 2.17. The van der Waals surface area contributed by atoms with Gasteiger partial charge in [-0.3, -0.25) is 0 Å². The summed E-state index contributed by atoms with van der Waals surface area (Å²) < 4.78 is 5.15. The predicted octanol–water partition coefficient (Wildman–Crippen LogP) is 1.16. The lowest BCUT2D eigenvalue weighted by Gasteiger charge is -2.28. The first-order valence-electron chi connectivity index (χ1n) is 5.12. The fourth-order valence-electron chi connectivity index (χ4n) is 1.09. The molecular formula is C10H23NO2. The van der Waals surface area contributed by atoms with Gasteiger partial charge in [-0.2, -0.15) is 0 Å². The van der Waals surface area contributed by atoms with E-state index in [1.54, 1.807) is 0 Å². The van der Waals surface area contributed by atoms with Crippen molar-refractivity contribution >= 4 is 0 Å². The minimum atomic E-state index is 0.110. The summed E-state index contributed by atoms with van der Waals surface area (Å²) in [5, 5.41) is 11.9. The molecule has 0 aliphatic carbocycles. The molecule has 2 N–H and O–H groups in total. The Bertz CT molecular complexity index is 113. The van der Waals surface area contributed by atoms with Crippen LogP contribution in [0, 0.1) is 0 Å². The number of nitrogens with one attached hydrogen (secondary N) is 1. The highest BCUT2D eigenvalue weighted by atomic mass is 16.5. The van der Waals surface area contributed by atoms with Crippen LogP contribution in [0.3, 0.4) is 0 Å². The molecule has 0 atom stereocenters. The van der Waals surface area contributed by atoms with Crippen molar-refractivity contribution in [3.8, 4) is 0 Å². The number of aliphatic hydroxyl groups is 1. The van der Waals surface area contributed by atoms with Gasteiger partial charge < -0.3 is 15.2 Å². The lowest BCUT2D eigenvalue weighted by molar-refractivity contribution is 0.0893. The molecule has 0 bridgehead atoms. The van der Waals surface area contributed by atoms with Crippen molar-refractivity contribution in [2.45, 2.75) is 39.2 Å². The molecule has 80 valence electrons. The molecule has 0 aliphatic heterocycles. The van der Waals surface area contributed by atoms with Crippen LogP contribution in [-0.4, -0.2) is 37.0 Å². The van der Waals surface area contributed by atoms with Gasteiger partial charge >= 0.3 is 0 Å². The Kier molecular flexibility index (Phi) is 7.23. The molecule has 0 aromatic carbocycles. The van der Waals surface area contributed by atoms with Crippen molar-refractivity contribution in [3.05, 3.63) is 0 Å². The number of hydrogen-bond donors (Lipinski definition) is 2. The van der Waals surface area contributed by atoms with E-state index in [1.165, 1.54) is 0 Å². The molecule has 0 fully saturated rings. The number of aliphatic hydroxyl groups excluding tert-OH is 1. The van der Waals surface area contributed by atoms with Crippen LogP contribution in [0.25, 0.3) is 0 Å². The maximum Gasteiger partial charge on any atom is 0.0698 e. The van der Waals surface area contributed by atoms with Gasteiger partial charge in [0.2, 0.25) is 0 Å². The molecule has 13 heavy (non-hydrogen) atoms. The summed E-state index contributed by atoms with van der Waals surface area (Å²) in [6.45, 7) is 8.68. The van der Waals surface area contributed by atoms with Crippen LogP contribution in [0.4, 0.5) is 0 Å². The lowest BCUT2D eigenvalue weighted by atomic mass is 9.96. The highest BCUT2D eigenvalue weighted by Gasteiger charge is 2.17. The minimum Gasteiger partial charge on any atom is -0.394 e. The molecule has 0 heterocycles. The third-order valence-electron chi connectivity index (χ3n) is 2.59. The first-order chi connectivity index (χ1) is 6.18. The SMILES string of the molecule is CCC(C)(CC)NCCOCCO. The van der Waals surface area contributed by atoms with E-state index in [2.05, 4.69) is 26.1 Å². The predicted molar refractivity (Wildman–Crippen MR) is 54.9 cm³/mol. The van der Waals surface area contributed by atoms with Crippen LogP contribution in [-0.2, 0) is 4.74 Å². The summed E-state index contributed by atoms with van der Waals surface area (Å²) in [5.74, 6) is 0. The monoisotopic (exact) mass is 189 g/mol. The number of rotatable bonds is 8. The van der Waals surface area contributed by atoms with Gasteiger partial charge in [-0.25, -0.2) is 0 Å². The van der Waals surface area contributed by atoms with Gasteiger partial charge in [-0.1, -0.05) is 13.8 Å². The summed E-state index contributed by atoms with van der Waals surface area (Å²) in [6, 6.07) is 0. The molecule has 0 unspecified atom stereocenters. The molecule has 0 aromatic heterocycles. The zero-order valence-corrected chi connectivity index (χ0v) is 9.10. The highest BCUT2D eigenvalue weighted by Crippen LogP contribution is 2.12. The molecule has 0 saturated heterocycles. The molecule has 0 aliphatic rings. The molecule has 3 heteroatoms. The summed E-state index contributed by atoms with van der Waals surface area (Å²) >= 11 is 0. The molecule has 0 amide bonds. The van der Waals surface area contributed by atoms with Gasteiger partial charge in [0.05, 0.1) is 19.8 Å². The minimum absolute atomic E-state index is 0.110. The summed E-state index contributed by atoms with van der Waals surface area (Å²) in [7, 11) is 0. The topological polar surface area (TPSA) is 41.5 Å². The van der Waals surface area contributed by atoms with E-state index in [1.807, 2.05) is 0 Å². The second kappa shape index (κ2) is 7.30. The van der Waals surface area contributed by atoms with E-state index in [0.29, 0.717) is 13.2 Å². The van der Waals surface area contributed by atoms with E-state index in [0.717, 1.165) is 19.4 Å². The van der Waals surface area contributed by atoms with Crippen LogP contribution in [0.5, 0.6) is 0 Å². The fourth-order valence-corrected chi connectivity index (χ4v) is 1.09. The summed E-state index contributed by atoms with van der Waals surface area (Å²) in [6.07, 6.45) is 2.26. The van der Waals surface area contributed by atoms with Gasteiger partial charge in [0.15, 0.2) is 0 Å². The van der Waals surface area contributed by atoms with Gasteiger partial charge in [-0.15, -0.1) is 0 Å². The first kappa shape index (κ1) is 12.9. The maximum atomic E-state index is 8.47. The van der Waals surface area contributed by atoms with Crippen molar-refractivity contribution in [2.24, 2.45) is 0 Å². The Hall–Kier alpha value is -0.120. The van der Waals surface area contributed by atoms with Crippen molar-refractivity contribution in [1.29, 1.82) is 0 Å². The Balaban J connectivity index is 3.39. The average molecular weight is 189 g/mol. The quantitative estimate of drug-likeness (QED) is 0.563. The smallest absolute Gasteiger partial charge is 0.0698 e. The molecular weight excluding hydrogens is 166 g/mol. The Labute approximate surface area is 81.5 Å². The van der Waals surface area contributed by atoms with Crippen LogP contribution in [0.2, 0.25) is 0 Å². The zero-order valence-electron chi connectivity index (χ0n) is 9.10. The second-order valence-corrected chi connectivity index (χ2v) is 3.53. The second-order valence-electron chi connectivity index (χ2n) is 3.53. The highest BCUT2D eigenvalue weighted by molar-refractivity contribution is 4.79. The molecule has 3 nitrogen and oxygen atoms in total. The van der Waals surface area contributed by atoms with Crippen molar-refractivity contribution < 1.29 is 9.84 Å². The van der Waals surface area contributed by atoms with Crippen LogP contribution in [0.1, 0.15) is 33.6 Å². The Morgan fingerprint density at radius 3 is 2.31 bits per heavy atom. The van der Waals surface area contributed by atoms with Gasteiger partial charge in [0, 0.05) is 12.1 Å². The van der Waals surface area contributed by atoms with E-state index in [-0.39, 0.29) is 12.1 Å². The third-order valence-corrected chi connectivity index (χ3v) is 2.59. The maximum absolute atomic E-state index is 8.47. The number of ether oxygens (including phenoxy) is 1. The van der Waals surface area contributed by atoms with Gasteiger partial charge in [0.25, 0.3) is 0 Å². The summed E-state index contributed by atoms with van der Waals surface area (Å²) in [4.78, 5) is 0. The van der Waals surface area contributed by atoms with Crippen LogP contribution in [0.15, 0.2) is 0 Å². The van der Waals surface area contributed by atoms with Crippen molar-refractivity contribution in [1.82, 2.24) is 5.32 Å². The molecule has 0 spiro atoms. The first-order valence-corrected chi connectivity index (χ1v) is 5.12. The summed E-state index contributed by atoms with van der Waals surface area (Å²) in [5.41, 5.74) is 0.239. The lowest BCUT2D eigenvalue weighted by Crippen LogP contribution is -2.42. The molecule has 0 rings (SSSR count). The number of hydrogen-bond acceptors (Lipinski definition) is 3. The van der Waals surface area contributed by atoms with Crippen LogP contribution >= 0.6 is 0 Å². The van der Waals surface area contributed by atoms with Crippen molar-refractivity contribution in [3.63, 3.8) is 0 Å². The van der Waals surface area contributed by atoms with E-state index in [9.17, 15) is 0 Å². The van der Waals surface area contributed by atoms with Gasteiger partial charge in [-0.05, 0) is 19.8 Å². The molecule has 0 radical (unpaired) electrons. The molecule has 0 saturated carbocycles. The normalized spacial score (nSPS) is 12.0. The zero-order chi connectivity index (χ0) is 10.2. The van der Waals surface area contributed by atoms with E-state index in [4.69, 9.17) is 9.84 Å². The van der Waals surface area contributed by atoms with E-state index >= 15 is 0 Å². The van der Waals surface area contributed by atoms with Crippen molar-refractivity contribution in [2.75, 3.05) is 26.4 Å². The van der Waals surface area contributed by atoms with E-state index < -0.39 is 0 Å². The molecule has 0 aromatic rings. The third kappa shape index (κ3) is 6.02. The van der Waals surface area contributed by atoms with Gasteiger partial charge in [0.1, 0.15) is 0 Å². The largest absolute Gasteiger partial charge is 0.394 e. The van der Waals surface area contributed by atoms with Crippen LogP contribution < -0.4 is 5.32 Å². The Morgan fingerprint density at radius 2 is 1.85 bits per heavy atom. The fraction of sp³-hybridized carbons (Fsp3) is 1.00.